The number of rotatable bonds is 4. The highest BCUT2D eigenvalue weighted by Gasteiger charge is 2.11. The standard InChI is InChI=1S/C9H13NO5/c1-6(4-8(12)13)9(14)15-5-7(11)10(2)3/h4H,5H2,1-3H3,(H,12,13)/b6-4+. The van der Waals surface area contributed by atoms with Gasteiger partial charge in [0.05, 0.1) is 0 Å². The Bertz CT molecular complexity index is 306. The molecule has 0 unspecified atom stereocenters. The van der Waals surface area contributed by atoms with Gasteiger partial charge in [-0.2, -0.15) is 0 Å². The van der Waals surface area contributed by atoms with E-state index in [9.17, 15) is 14.4 Å². The molecule has 0 aliphatic carbocycles. The van der Waals surface area contributed by atoms with E-state index in [4.69, 9.17) is 5.11 Å². The van der Waals surface area contributed by atoms with E-state index in [2.05, 4.69) is 4.74 Å². The second kappa shape index (κ2) is 5.79. The number of carboxylic acids is 1. The van der Waals surface area contributed by atoms with E-state index in [0.29, 0.717) is 0 Å². The molecule has 0 saturated carbocycles. The molecule has 0 bridgehead atoms. The minimum atomic E-state index is -1.23. The molecule has 0 aromatic heterocycles. The maximum absolute atomic E-state index is 11.1. The van der Waals surface area contributed by atoms with Gasteiger partial charge in [0, 0.05) is 25.7 Å². The first-order valence-corrected chi connectivity index (χ1v) is 4.13. The Morgan fingerprint density at radius 1 is 1.33 bits per heavy atom. The van der Waals surface area contributed by atoms with Crippen LogP contribution in [0, 0.1) is 0 Å². The van der Waals surface area contributed by atoms with Crippen LogP contribution in [-0.2, 0) is 19.1 Å². The lowest BCUT2D eigenvalue weighted by Crippen LogP contribution is -2.27. The molecule has 0 aromatic carbocycles. The number of hydrogen-bond acceptors (Lipinski definition) is 4. The van der Waals surface area contributed by atoms with Gasteiger partial charge in [0.15, 0.2) is 6.61 Å². The smallest absolute Gasteiger partial charge is 0.334 e. The van der Waals surface area contributed by atoms with Crippen molar-refractivity contribution in [2.24, 2.45) is 0 Å². The fourth-order valence-electron chi connectivity index (χ4n) is 0.614. The number of esters is 1. The number of aliphatic carboxylic acids is 1. The average Bonchev–Trinajstić information content (AvgIpc) is 2.12. The van der Waals surface area contributed by atoms with E-state index < -0.39 is 18.5 Å². The molecule has 0 rings (SSSR count). The summed E-state index contributed by atoms with van der Waals surface area (Å²) in [5.74, 6) is -2.41. The van der Waals surface area contributed by atoms with Crippen molar-refractivity contribution in [1.82, 2.24) is 4.90 Å². The minimum absolute atomic E-state index is 0.0611. The molecule has 0 aromatic rings. The molecule has 0 atom stereocenters. The minimum Gasteiger partial charge on any atom is -0.478 e. The monoisotopic (exact) mass is 215 g/mol. The van der Waals surface area contributed by atoms with Gasteiger partial charge in [0.25, 0.3) is 5.91 Å². The number of amides is 1. The molecular formula is C9H13NO5. The van der Waals surface area contributed by atoms with Crippen LogP contribution in [0.2, 0.25) is 0 Å². The zero-order chi connectivity index (χ0) is 12.0. The topological polar surface area (TPSA) is 83.9 Å². The summed E-state index contributed by atoms with van der Waals surface area (Å²) in [7, 11) is 3.05. The number of carbonyl (C=O) groups is 3. The fourth-order valence-corrected chi connectivity index (χ4v) is 0.614. The SMILES string of the molecule is C/C(=C\C(=O)O)C(=O)OCC(=O)N(C)C. The van der Waals surface area contributed by atoms with Crippen LogP contribution in [0.3, 0.4) is 0 Å². The second-order valence-electron chi connectivity index (χ2n) is 3.03. The Morgan fingerprint density at radius 2 is 1.87 bits per heavy atom. The molecule has 6 nitrogen and oxygen atoms in total. The molecule has 0 spiro atoms. The molecule has 1 N–H and O–H groups in total. The fraction of sp³-hybridized carbons (Fsp3) is 0.444. The highest BCUT2D eigenvalue weighted by molar-refractivity contribution is 5.96. The van der Waals surface area contributed by atoms with Gasteiger partial charge in [0.1, 0.15) is 0 Å². The molecule has 0 fully saturated rings. The van der Waals surface area contributed by atoms with Crippen molar-refractivity contribution < 1.29 is 24.2 Å². The van der Waals surface area contributed by atoms with Gasteiger partial charge in [-0.15, -0.1) is 0 Å². The van der Waals surface area contributed by atoms with Crippen molar-refractivity contribution in [2.45, 2.75) is 6.92 Å². The van der Waals surface area contributed by atoms with Crippen molar-refractivity contribution in [3.05, 3.63) is 11.6 Å². The summed E-state index contributed by atoms with van der Waals surface area (Å²) in [6, 6.07) is 0. The highest BCUT2D eigenvalue weighted by atomic mass is 16.5. The molecule has 6 heteroatoms. The summed E-state index contributed by atoms with van der Waals surface area (Å²) < 4.78 is 4.57. The van der Waals surface area contributed by atoms with Crippen LogP contribution in [0.15, 0.2) is 11.6 Å². The lowest BCUT2D eigenvalue weighted by Gasteiger charge is -2.10. The number of ether oxygens (including phenoxy) is 1. The second-order valence-corrected chi connectivity index (χ2v) is 3.03. The van der Waals surface area contributed by atoms with Crippen LogP contribution in [0.5, 0.6) is 0 Å². The summed E-state index contributed by atoms with van der Waals surface area (Å²) in [5.41, 5.74) is -0.0611. The zero-order valence-electron chi connectivity index (χ0n) is 8.81. The van der Waals surface area contributed by atoms with Crippen molar-refractivity contribution in [1.29, 1.82) is 0 Å². The van der Waals surface area contributed by atoms with E-state index in [1.807, 2.05) is 0 Å². The van der Waals surface area contributed by atoms with Gasteiger partial charge in [-0.25, -0.2) is 9.59 Å². The van der Waals surface area contributed by atoms with Crippen molar-refractivity contribution in [2.75, 3.05) is 20.7 Å². The van der Waals surface area contributed by atoms with Crippen LogP contribution in [0.4, 0.5) is 0 Å². The van der Waals surface area contributed by atoms with Crippen molar-refractivity contribution in [3.8, 4) is 0 Å². The summed E-state index contributed by atoms with van der Waals surface area (Å²) in [4.78, 5) is 33.6. The van der Waals surface area contributed by atoms with Gasteiger partial charge in [-0.1, -0.05) is 0 Å². The Hall–Kier alpha value is -1.85. The van der Waals surface area contributed by atoms with Crippen LogP contribution < -0.4 is 0 Å². The Kier molecular flexibility index (Phi) is 5.08. The van der Waals surface area contributed by atoms with Gasteiger partial charge < -0.3 is 14.7 Å². The number of likely N-dealkylation sites (N-methyl/N-ethyl adjacent to an activating group) is 1. The molecule has 0 heterocycles. The number of carbonyl (C=O) groups excluding carboxylic acids is 2. The summed E-state index contributed by atoms with van der Waals surface area (Å²) in [6.45, 7) is 0.910. The zero-order valence-corrected chi connectivity index (χ0v) is 8.81. The largest absolute Gasteiger partial charge is 0.478 e. The maximum atomic E-state index is 11.1. The van der Waals surface area contributed by atoms with Gasteiger partial charge in [0.2, 0.25) is 0 Å². The maximum Gasteiger partial charge on any atom is 0.334 e. The lowest BCUT2D eigenvalue weighted by molar-refractivity contribution is -0.147. The molecule has 84 valence electrons. The van der Waals surface area contributed by atoms with Crippen LogP contribution in [0.25, 0.3) is 0 Å². The first kappa shape index (κ1) is 13.2. The van der Waals surface area contributed by atoms with E-state index in [0.717, 1.165) is 6.08 Å². The first-order valence-electron chi connectivity index (χ1n) is 4.13. The molecule has 0 aliphatic rings. The number of carboxylic acid groups (broad SMARTS) is 1. The van der Waals surface area contributed by atoms with Crippen molar-refractivity contribution >= 4 is 17.8 Å². The third-order valence-corrected chi connectivity index (χ3v) is 1.49. The molecule has 0 radical (unpaired) electrons. The third kappa shape index (κ3) is 5.45. The predicted molar refractivity (Wildman–Crippen MR) is 51.0 cm³/mol. The van der Waals surface area contributed by atoms with Gasteiger partial charge in [-0.3, -0.25) is 4.79 Å². The highest BCUT2D eigenvalue weighted by Crippen LogP contribution is 1.96. The molecule has 0 saturated heterocycles. The Morgan fingerprint density at radius 3 is 2.27 bits per heavy atom. The molecular weight excluding hydrogens is 202 g/mol. The molecule has 1 amide bonds. The van der Waals surface area contributed by atoms with Gasteiger partial charge in [-0.05, 0) is 6.92 Å². The average molecular weight is 215 g/mol. The number of hydrogen-bond donors (Lipinski definition) is 1. The Balaban J connectivity index is 4.16. The predicted octanol–water partition coefficient (Wildman–Crippen LogP) is -0.351. The van der Waals surface area contributed by atoms with Crippen LogP contribution in [-0.4, -0.2) is 48.6 Å². The van der Waals surface area contributed by atoms with E-state index in [-0.39, 0.29) is 11.5 Å². The first-order chi connectivity index (χ1) is 6.84. The normalized spacial score (nSPS) is 10.7. The van der Waals surface area contributed by atoms with Gasteiger partial charge >= 0.3 is 11.9 Å². The lowest BCUT2D eigenvalue weighted by atomic mass is 10.3. The summed E-state index contributed by atoms with van der Waals surface area (Å²) in [5, 5.41) is 8.34. The number of nitrogens with zero attached hydrogens (tertiary/aromatic N) is 1. The molecule has 15 heavy (non-hydrogen) atoms. The van der Waals surface area contributed by atoms with E-state index in [1.54, 1.807) is 0 Å². The van der Waals surface area contributed by atoms with Crippen LogP contribution in [0.1, 0.15) is 6.92 Å². The summed E-state index contributed by atoms with van der Waals surface area (Å²) in [6.07, 6.45) is 0.725. The summed E-state index contributed by atoms with van der Waals surface area (Å²) >= 11 is 0. The third-order valence-electron chi connectivity index (χ3n) is 1.49. The Labute approximate surface area is 87.1 Å². The van der Waals surface area contributed by atoms with Crippen LogP contribution >= 0.6 is 0 Å². The van der Waals surface area contributed by atoms with E-state index in [1.165, 1.54) is 25.9 Å². The van der Waals surface area contributed by atoms with E-state index >= 15 is 0 Å². The van der Waals surface area contributed by atoms with Crippen molar-refractivity contribution in [3.63, 3.8) is 0 Å². The molecule has 0 aliphatic heterocycles. The quantitative estimate of drug-likeness (QED) is 0.511.